The number of alkyl halides is 2. The van der Waals surface area contributed by atoms with Gasteiger partial charge in [0.25, 0.3) is 0 Å². The largest absolute Gasteiger partial charge is 0.454 e. The average molecular weight is 542 g/mol. The van der Waals surface area contributed by atoms with E-state index in [2.05, 4.69) is 25.3 Å². The minimum atomic E-state index is -2.94. The van der Waals surface area contributed by atoms with Crippen molar-refractivity contribution in [3.8, 4) is 17.2 Å². The Labute approximate surface area is 194 Å². The van der Waals surface area contributed by atoms with Crippen LogP contribution in [0.4, 0.5) is 8.78 Å². The van der Waals surface area contributed by atoms with Crippen LogP contribution < -0.4 is 24.8 Å². The van der Waals surface area contributed by atoms with Gasteiger partial charge in [0.2, 0.25) is 6.79 Å². The number of nitrogens with one attached hydrogen (secondary N) is 2. The van der Waals surface area contributed by atoms with Crippen LogP contribution in [0.15, 0.2) is 53.7 Å². The molecule has 1 aliphatic rings. The monoisotopic (exact) mass is 542 g/mol. The van der Waals surface area contributed by atoms with Gasteiger partial charge < -0.3 is 24.8 Å². The molecule has 0 atom stereocenters. The molecule has 4 rings (SSSR count). The van der Waals surface area contributed by atoms with Gasteiger partial charge in [-0.1, -0.05) is 24.3 Å². The van der Waals surface area contributed by atoms with Gasteiger partial charge in [0.05, 0.1) is 5.52 Å². The Morgan fingerprint density at radius 3 is 2.55 bits per heavy atom. The van der Waals surface area contributed by atoms with Crippen LogP contribution in [0.25, 0.3) is 10.9 Å². The zero-order valence-electron chi connectivity index (χ0n) is 16.6. The predicted octanol–water partition coefficient (Wildman–Crippen LogP) is 4.05. The van der Waals surface area contributed by atoms with E-state index >= 15 is 0 Å². The predicted molar refractivity (Wildman–Crippen MR) is 123 cm³/mol. The van der Waals surface area contributed by atoms with Crippen molar-refractivity contribution in [1.29, 1.82) is 0 Å². The van der Waals surface area contributed by atoms with Crippen LogP contribution in [0, 0.1) is 0 Å². The molecule has 10 heteroatoms. The highest BCUT2D eigenvalue weighted by Crippen LogP contribution is 2.38. The SMILES string of the molecule is CN=C(NCc1cc2c(cc1OC(F)F)OCO2)NCc1cccc2cccnc12.I. The minimum absolute atomic E-state index is 0. The van der Waals surface area contributed by atoms with E-state index in [-0.39, 0.29) is 43.1 Å². The zero-order chi connectivity index (χ0) is 20.9. The molecule has 3 aromatic rings. The van der Waals surface area contributed by atoms with Gasteiger partial charge in [-0.15, -0.1) is 24.0 Å². The first-order chi connectivity index (χ1) is 14.6. The summed E-state index contributed by atoms with van der Waals surface area (Å²) >= 11 is 0. The third-order valence-corrected chi connectivity index (χ3v) is 4.60. The number of para-hydroxylation sites is 1. The van der Waals surface area contributed by atoms with Crippen molar-refractivity contribution < 1.29 is 23.0 Å². The molecule has 2 aromatic carbocycles. The standard InChI is InChI=1S/C21H20F2N4O3.HI/c1-24-21(26-10-14-5-2-4-13-6-3-7-25-19(13)14)27-11-15-8-17-18(29-12-28-17)9-16(15)30-20(22)23;/h2-9,20H,10-12H2,1H3,(H2,24,26,27);1H. The number of halogens is 3. The van der Waals surface area contributed by atoms with Gasteiger partial charge in [0.15, 0.2) is 17.5 Å². The lowest BCUT2D eigenvalue weighted by Gasteiger charge is -2.15. The fourth-order valence-corrected chi connectivity index (χ4v) is 3.20. The van der Waals surface area contributed by atoms with Crippen LogP contribution in [-0.4, -0.2) is 31.4 Å². The van der Waals surface area contributed by atoms with Gasteiger partial charge >= 0.3 is 6.61 Å². The highest BCUT2D eigenvalue weighted by molar-refractivity contribution is 14.0. The molecule has 0 saturated heterocycles. The number of ether oxygens (including phenoxy) is 3. The molecule has 2 heterocycles. The molecule has 31 heavy (non-hydrogen) atoms. The van der Waals surface area contributed by atoms with Crippen LogP contribution in [0.3, 0.4) is 0 Å². The molecule has 0 bridgehead atoms. The maximum atomic E-state index is 12.8. The molecule has 0 saturated carbocycles. The quantitative estimate of drug-likeness (QED) is 0.278. The van der Waals surface area contributed by atoms with Crippen LogP contribution in [0.2, 0.25) is 0 Å². The molecular formula is C21H21F2IN4O3. The summed E-state index contributed by atoms with van der Waals surface area (Å²) in [5, 5.41) is 7.37. The number of hydrogen-bond acceptors (Lipinski definition) is 5. The van der Waals surface area contributed by atoms with Gasteiger partial charge in [-0.3, -0.25) is 9.98 Å². The van der Waals surface area contributed by atoms with Crippen molar-refractivity contribution in [1.82, 2.24) is 15.6 Å². The first-order valence-electron chi connectivity index (χ1n) is 9.28. The van der Waals surface area contributed by atoms with Gasteiger partial charge in [0.1, 0.15) is 5.75 Å². The average Bonchev–Trinajstić information content (AvgIpc) is 3.20. The lowest BCUT2D eigenvalue weighted by molar-refractivity contribution is -0.0505. The maximum Gasteiger partial charge on any atom is 0.387 e. The Bertz CT molecular complexity index is 1080. The summed E-state index contributed by atoms with van der Waals surface area (Å²) in [6.07, 6.45) is 1.75. The maximum absolute atomic E-state index is 12.8. The second kappa shape index (κ2) is 10.4. The molecule has 0 amide bonds. The number of aromatic nitrogens is 1. The molecular weight excluding hydrogens is 521 g/mol. The van der Waals surface area contributed by atoms with Gasteiger partial charge in [-0.05, 0) is 17.7 Å². The molecule has 164 valence electrons. The number of rotatable bonds is 6. The summed E-state index contributed by atoms with van der Waals surface area (Å²) in [4.78, 5) is 8.63. The van der Waals surface area contributed by atoms with Crippen LogP contribution in [0.1, 0.15) is 11.1 Å². The zero-order valence-corrected chi connectivity index (χ0v) is 18.9. The molecule has 7 nitrogen and oxygen atoms in total. The van der Waals surface area contributed by atoms with E-state index in [0.717, 1.165) is 16.5 Å². The number of aliphatic imine (C=N–C) groups is 1. The summed E-state index contributed by atoms with van der Waals surface area (Å²) in [7, 11) is 1.63. The lowest BCUT2D eigenvalue weighted by Crippen LogP contribution is -2.36. The normalized spacial score (nSPS) is 12.6. The highest BCUT2D eigenvalue weighted by atomic mass is 127. The van der Waals surface area contributed by atoms with Crippen molar-refractivity contribution >= 4 is 40.8 Å². The van der Waals surface area contributed by atoms with Gasteiger partial charge in [-0.25, -0.2) is 0 Å². The van der Waals surface area contributed by atoms with Crippen molar-refractivity contribution in [2.24, 2.45) is 4.99 Å². The summed E-state index contributed by atoms with van der Waals surface area (Å²) in [5.74, 6) is 1.39. The van der Waals surface area contributed by atoms with E-state index in [0.29, 0.717) is 29.6 Å². The van der Waals surface area contributed by atoms with Gasteiger partial charge in [0, 0.05) is 43.4 Å². The Morgan fingerprint density at radius 2 is 1.81 bits per heavy atom. The molecule has 0 spiro atoms. The summed E-state index contributed by atoms with van der Waals surface area (Å²) < 4.78 is 40.8. The number of nitrogens with zero attached hydrogens (tertiary/aromatic N) is 2. The van der Waals surface area contributed by atoms with E-state index < -0.39 is 6.61 Å². The van der Waals surface area contributed by atoms with E-state index in [1.165, 1.54) is 6.07 Å². The van der Waals surface area contributed by atoms with E-state index in [1.54, 1.807) is 19.3 Å². The smallest absolute Gasteiger partial charge is 0.387 e. The highest BCUT2D eigenvalue weighted by Gasteiger charge is 2.20. The van der Waals surface area contributed by atoms with Crippen molar-refractivity contribution in [3.05, 3.63) is 59.8 Å². The van der Waals surface area contributed by atoms with E-state index in [4.69, 9.17) is 9.47 Å². The number of benzene rings is 2. The third-order valence-electron chi connectivity index (χ3n) is 4.60. The first kappa shape index (κ1) is 22.8. The molecule has 2 N–H and O–H groups in total. The number of pyridine rings is 1. The summed E-state index contributed by atoms with van der Waals surface area (Å²) in [6.45, 7) is -2.20. The third kappa shape index (κ3) is 5.43. The Balaban J connectivity index is 0.00000272. The lowest BCUT2D eigenvalue weighted by atomic mass is 10.1. The van der Waals surface area contributed by atoms with Crippen LogP contribution in [-0.2, 0) is 13.1 Å². The van der Waals surface area contributed by atoms with Crippen LogP contribution >= 0.6 is 24.0 Å². The minimum Gasteiger partial charge on any atom is -0.454 e. The fourth-order valence-electron chi connectivity index (χ4n) is 3.20. The number of hydrogen-bond donors (Lipinski definition) is 2. The Kier molecular flexibility index (Phi) is 7.66. The van der Waals surface area contributed by atoms with Crippen molar-refractivity contribution in [2.45, 2.75) is 19.7 Å². The molecule has 0 radical (unpaired) electrons. The molecule has 1 aromatic heterocycles. The van der Waals surface area contributed by atoms with Crippen LogP contribution in [0.5, 0.6) is 17.2 Å². The van der Waals surface area contributed by atoms with E-state index in [9.17, 15) is 8.78 Å². The molecule has 0 aliphatic carbocycles. The van der Waals surface area contributed by atoms with Gasteiger partial charge in [-0.2, -0.15) is 8.78 Å². The summed E-state index contributed by atoms with van der Waals surface area (Å²) in [5.41, 5.74) is 2.42. The molecule has 1 aliphatic heterocycles. The second-order valence-corrected chi connectivity index (χ2v) is 6.46. The molecule has 0 fully saturated rings. The van der Waals surface area contributed by atoms with Crippen molar-refractivity contribution in [2.75, 3.05) is 13.8 Å². The second-order valence-electron chi connectivity index (χ2n) is 6.46. The van der Waals surface area contributed by atoms with E-state index in [1.807, 2.05) is 30.3 Å². The number of guanidine groups is 1. The van der Waals surface area contributed by atoms with Crippen molar-refractivity contribution in [3.63, 3.8) is 0 Å². The summed E-state index contributed by atoms with van der Waals surface area (Å²) in [6, 6.07) is 12.9. The number of fused-ring (bicyclic) bond motifs is 2. The Morgan fingerprint density at radius 1 is 1.10 bits per heavy atom. The topological polar surface area (TPSA) is 77.0 Å². The Hall–Kier alpha value is -2.89. The molecule has 0 unspecified atom stereocenters. The first-order valence-corrected chi connectivity index (χ1v) is 9.28. The fraction of sp³-hybridized carbons (Fsp3) is 0.238.